The van der Waals surface area contributed by atoms with Crippen molar-refractivity contribution in [2.75, 3.05) is 26.2 Å². The van der Waals surface area contributed by atoms with E-state index < -0.39 is 0 Å². The molecule has 1 saturated heterocycles. The van der Waals surface area contributed by atoms with Crippen LogP contribution in [0, 0.1) is 6.92 Å². The molecule has 6 heteroatoms. The van der Waals surface area contributed by atoms with Gasteiger partial charge in [0, 0.05) is 25.3 Å². The van der Waals surface area contributed by atoms with Crippen molar-refractivity contribution in [3.05, 3.63) is 17.5 Å². The van der Waals surface area contributed by atoms with E-state index in [0.717, 1.165) is 31.6 Å². The number of nitrogens with zero attached hydrogens (tertiary/aromatic N) is 1. The second-order valence-corrected chi connectivity index (χ2v) is 4.87. The van der Waals surface area contributed by atoms with E-state index in [4.69, 9.17) is 4.74 Å². The van der Waals surface area contributed by atoms with Crippen LogP contribution in [-0.2, 0) is 16.0 Å². The van der Waals surface area contributed by atoms with Gasteiger partial charge < -0.3 is 15.4 Å². The van der Waals surface area contributed by atoms with Crippen LogP contribution in [0.2, 0.25) is 0 Å². The lowest BCUT2D eigenvalue weighted by molar-refractivity contribution is -0.124. The SMILES string of the molecule is Cc1[nH]ncc1CCCNC(=O)CC1CNCCO1. The Morgan fingerprint density at radius 2 is 2.53 bits per heavy atom. The smallest absolute Gasteiger partial charge is 0.222 e. The van der Waals surface area contributed by atoms with Crippen molar-refractivity contribution in [1.29, 1.82) is 0 Å². The third-order valence-electron chi connectivity index (χ3n) is 3.30. The fourth-order valence-electron chi connectivity index (χ4n) is 2.16. The molecule has 2 heterocycles. The maximum Gasteiger partial charge on any atom is 0.222 e. The van der Waals surface area contributed by atoms with Gasteiger partial charge in [0.05, 0.1) is 25.3 Å². The number of amides is 1. The number of ether oxygens (including phenoxy) is 1. The summed E-state index contributed by atoms with van der Waals surface area (Å²) in [4.78, 5) is 11.7. The molecule has 1 unspecified atom stereocenters. The molecular weight excluding hydrogens is 244 g/mol. The average molecular weight is 266 g/mol. The Morgan fingerprint density at radius 3 is 3.21 bits per heavy atom. The molecule has 0 radical (unpaired) electrons. The molecule has 0 saturated carbocycles. The lowest BCUT2D eigenvalue weighted by atomic mass is 10.1. The number of morpholine rings is 1. The summed E-state index contributed by atoms with van der Waals surface area (Å²) in [5, 5.41) is 13.0. The van der Waals surface area contributed by atoms with Gasteiger partial charge in [-0.25, -0.2) is 0 Å². The van der Waals surface area contributed by atoms with Crippen LogP contribution in [0.3, 0.4) is 0 Å². The highest BCUT2D eigenvalue weighted by Gasteiger charge is 2.16. The van der Waals surface area contributed by atoms with Crippen LogP contribution >= 0.6 is 0 Å². The van der Waals surface area contributed by atoms with Crippen LogP contribution in [-0.4, -0.2) is 48.4 Å². The first-order valence-corrected chi connectivity index (χ1v) is 6.83. The van der Waals surface area contributed by atoms with E-state index in [1.165, 1.54) is 5.56 Å². The van der Waals surface area contributed by atoms with E-state index in [2.05, 4.69) is 20.8 Å². The van der Waals surface area contributed by atoms with Crippen molar-refractivity contribution in [3.63, 3.8) is 0 Å². The van der Waals surface area contributed by atoms with Gasteiger partial charge in [-0.15, -0.1) is 0 Å². The highest BCUT2D eigenvalue weighted by atomic mass is 16.5. The first-order valence-electron chi connectivity index (χ1n) is 6.83. The van der Waals surface area contributed by atoms with Crippen molar-refractivity contribution >= 4 is 5.91 Å². The second kappa shape index (κ2) is 7.25. The summed E-state index contributed by atoms with van der Waals surface area (Å²) < 4.78 is 5.49. The van der Waals surface area contributed by atoms with Crippen LogP contribution in [0.1, 0.15) is 24.1 Å². The fourth-order valence-corrected chi connectivity index (χ4v) is 2.16. The molecule has 106 valence electrons. The van der Waals surface area contributed by atoms with Crippen LogP contribution in [0.5, 0.6) is 0 Å². The molecule has 0 bridgehead atoms. The summed E-state index contributed by atoms with van der Waals surface area (Å²) in [6, 6.07) is 0. The topological polar surface area (TPSA) is 79.0 Å². The molecule has 1 aliphatic rings. The monoisotopic (exact) mass is 266 g/mol. The van der Waals surface area contributed by atoms with E-state index in [1.807, 2.05) is 13.1 Å². The molecule has 0 aliphatic carbocycles. The Labute approximate surface area is 113 Å². The maximum absolute atomic E-state index is 11.7. The normalized spacial score (nSPS) is 19.3. The molecule has 1 aromatic rings. The van der Waals surface area contributed by atoms with Gasteiger partial charge in [0.15, 0.2) is 0 Å². The molecule has 1 aliphatic heterocycles. The molecular formula is C13H22N4O2. The number of hydrogen-bond donors (Lipinski definition) is 3. The predicted molar refractivity (Wildman–Crippen MR) is 71.9 cm³/mol. The first-order chi connectivity index (χ1) is 9.25. The van der Waals surface area contributed by atoms with Gasteiger partial charge in [-0.05, 0) is 25.3 Å². The molecule has 2 rings (SSSR count). The standard InChI is InChI=1S/C13H22N4O2/c1-10-11(8-16-17-10)3-2-4-15-13(18)7-12-9-14-5-6-19-12/h8,12,14H,2-7,9H2,1H3,(H,15,18)(H,16,17). The summed E-state index contributed by atoms with van der Waals surface area (Å²) >= 11 is 0. The van der Waals surface area contributed by atoms with E-state index >= 15 is 0 Å². The van der Waals surface area contributed by atoms with Crippen LogP contribution < -0.4 is 10.6 Å². The highest BCUT2D eigenvalue weighted by molar-refractivity contribution is 5.76. The minimum Gasteiger partial charge on any atom is -0.375 e. The van der Waals surface area contributed by atoms with Crippen LogP contribution in [0.4, 0.5) is 0 Å². The van der Waals surface area contributed by atoms with Gasteiger partial charge in [0.25, 0.3) is 0 Å². The predicted octanol–water partition coefficient (Wildman–Crippen LogP) is 0.145. The number of aromatic nitrogens is 2. The van der Waals surface area contributed by atoms with Crippen LogP contribution in [0.15, 0.2) is 6.20 Å². The quantitative estimate of drug-likeness (QED) is 0.640. The Balaban J connectivity index is 1.57. The van der Waals surface area contributed by atoms with Crippen molar-refractivity contribution in [2.45, 2.75) is 32.3 Å². The number of nitrogens with one attached hydrogen (secondary N) is 3. The Morgan fingerprint density at radius 1 is 1.63 bits per heavy atom. The van der Waals surface area contributed by atoms with Gasteiger partial charge >= 0.3 is 0 Å². The van der Waals surface area contributed by atoms with E-state index in [1.54, 1.807) is 0 Å². The lowest BCUT2D eigenvalue weighted by Crippen LogP contribution is -2.41. The number of aryl methyl sites for hydroxylation is 2. The van der Waals surface area contributed by atoms with Gasteiger partial charge in [0.2, 0.25) is 5.91 Å². The largest absolute Gasteiger partial charge is 0.375 e. The highest BCUT2D eigenvalue weighted by Crippen LogP contribution is 2.05. The number of rotatable bonds is 6. The van der Waals surface area contributed by atoms with Crippen molar-refractivity contribution in [1.82, 2.24) is 20.8 Å². The van der Waals surface area contributed by atoms with Crippen molar-refractivity contribution in [3.8, 4) is 0 Å². The zero-order valence-corrected chi connectivity index (χ0v) is 11.4. The molecule has 6 nitrogen and oxygen atoms in total. The third-order valence-corrected chi connectivity index (χ3v) is 3.30. The molecule has 19 heavy (non-hydrogen) atoms. The zero-order valence-electron chi connectivity index (χ0n) is 11.4. The molecule has 3 N–H and O–H groups in total. The fraction of sp³-hybridized carbons (Fsp3) is 0.692. The number of aromatic amines is 1. The number of carbonyl (C=O) groups excluding carboxylic acids is 1. The van der Waals surface area contributed by atoms with E-state index in [0.29, 0.717) is 19.6 Å². The van der Waals surface area contributed by atoms with Crippen molar-refractivity contribution < 1.29 is 9.53 Å². The summed E-state index contributed by atoms with van der Waals surface area (Å²) in [6.45, 7) is 5.04. The molecule has 0 spiro atoms. The first kappa shape index (κ1) is 14.0. The Kier molecular flexibility index (Phi) is 5.35. The summed E-state index contributed by atoms with van der Waals surface area (Å²) in [5.41, 5.74) is 2.32. The number of hydrogen-bond acceptors (Lipinski definition) is 4. The summed E-state index contributed by atoms with van der Waals surface area (Å²) in [6.07, 6.45) is 4.17. The second-order valence-electron chi connectivity index (χ2n) is 4.87. The number of H-pyrrole nitrogens is 1. The van der Waals surface area contributed by atoms with Crippen LogP contribution in [0.25, 0.3) is 0 Å². The molecule has 1 atom stereocenters. The summed E-state index contributed by atoms with van der Waals surface area (Å²) in [5.74, 6) is 0.0672. The third kappa shape index (κ3) is 4.65. The Bertz CT molecular complexity index is 399. The average Bonchev–Trinajstić information content (AvgIpc) is 2.81. The molecule has 1 amide bonds. The molecule has 1 aromatic heterocycles. The minimum atomic E-state index is 0.0184. The van der Waals surface area contributed by atoms with E-state index in [9.17, 15) is 4.79 Å². The molecule has 0 aromatic carbocycles. The van der Waals surface area contributed by atoms with Crippen molar-refractivity contribution in [2.24, 2.45) is 0 Å². The van der Waals surface area contributed by atoms with Gasteiger partial charge in [-0.1, -0.05) is 0 Å². The Hall–Kier alpha value is -1.40. The van der Waals surface area contributed by atoms with E-state index in [-0.39, 0.29) is 12.0 Å². The molecule has 1 fully saturated rings. The minimum absolute atomic E-state index is 0.0184. The zero-order chi connectivity index (χ0) is 13.5. The van der Waals surface area contributed by atoms with Gasteiger partial charge in [-0.3, -0.25) is 9.89 Å². The lowest BCUT2D eigenvalue weighted by Gasteiger charge is -2.23. The van der Waals surface area contributed by atoms with Gasteiger partial charge in [0.1, 0.15) is 0 Å². The maximum atomic E-state index is 11.7. The van der Waals surface area contributed by atoms with Gasteiger partial charge in [-0.2, -0.15) is 5.10 Å². The number of carbonyl (C=O) groups is 1. The summed E-state index contributed by atoms with van der Waals surface area (Å²) in [7, 11) is 0.